The number of hydrogen-bond acceptors (Lipinski definition) is 4. The monoisotopic (exact) mass is 371 g/mol. The zero-order valence-electron chi connectivity index (χ0n) is 15.6. The van der Waals surface area contributed by atoms with Gasteiger partial charge < -0.3 is 15.5 Å². The Labute approximate surface area is 160 Å². The minimum absolute atomic E-state index is 0.754. The lowest BCUT2D eigenvalue weighted by atomic mass is 10.1. The molecule has 2 heterocycles. The number of rotatable bonds is 8. The summed E-state index contributed by atoms with van der Waals surface area (Å²) < 4.78 is 0. The number of nitrogens with one attached hydrogen (secondary N) is 2. The van der Waals surface area contributed by atoms with Crippen LogP contribution in [0.5, 0.6) is 0 Å². The molecule has 1 aliphatic rings. The summed E-state index contributed by atoms with van der Waals surface area (Å²) in [7, 11) is 0. The molecule has 0 spiro atoms. The lowest BCUT2D eigenvalue weighted by molar-refractivity contribution is 0.794. The molecule has 0 atom stereocenters. The van der Waals surface area contributed by atoms with Crippen LogP contribution in [-0.4, -0.2) is 43.7 Å². The van der Waals surface area contributed by atoms with Crippen molar-refractivity contribution < 1.29 is 0 Å². The zero-order chi connectivity index (χ0) is 18.0. The summed E-state index contributed by atoms with van der Waals surface area (Å²) in [6.07, 6.45) is 4.47. The molecule has 1 aromatic carbocycles. The lowest BCUT2D eigenvalue weighted by Crippen LogP contribution is -2.38. The van der Waals surface area contributed by atoms with Crippen LogP contribution in [-0.2, 0) is 12.8 Å². The van der Waals surface area contributed by atoms with Gasteiger partial charge in [-0.1, -0.05) is 30.3 Å². The fourth-order valence-corrected chi connectivity index (χ4v) is 3.97. The van der Waals surface area contributed by atoms with E-state index >= 15 is 0 Å². The summed E-state index contributed by atoms with van der Waals surface area (Å²) in [6.45, 7) is 6.90. The molecule has 3 rings (SSSR count). The van der Waals surface area contributed by atoms with Crippen molar-refractivity contribution in [3.05, 3.63) is 47.0 Å². The Morgan fingerprint density at radius 3 is 2.73 bits per heavy atom. The van der Waals surface area contributed by atoms with E-state index in [1.807, 2.05) is 0 Å². The predicted molar refractivity (Wildman–Crippen MR) is 111 cm³/mol. The topological polar surface area (TPSA) is 52.6 Å². The first-order valence-electron chi connectivity index (χ1n) is 9.60. The van der Waals surface area contributed by atoms with Crippen molar-refractivity contribution in [2.45, 2.75) is 32.6 Å². The minimum Gasteiger partial charge on any atom is -0.357 e. The molecule has 0 bridgehead atoms. The molecule has 1 saturated heterocycles. The van der Waals surface area contributed by atoms with Gasteiger partial charge in [-0.25, -0.2) is 4.98 Å². The fourth-order valence-electron chi connectivity index (χ4n) is 3.06. The van der Waals surface area contributed by atoms with E-state index in [2.05, 4.69) is 58.2 Å². The van der Waals surface area contributed by atoms with Crippen LogP contribution in [0, 0.1) is 0 Å². The summed E-state index contributed by atoms with van der Waals surface area (Å²) in [5.74, 6) is 0.887. The molecule has 1 fully saturated rings. The average molecular weight is 372 g/mol. The first kappa shape index (κ1) is 18.7. The maximum Gasteiger partial charge on any atom is 0.191 e. The number of nitrogens with zero attached hydrogens (tertiary/aromatic N) is 3. The highest BCUT2D eigenvalue weighted by atomic mass is 32.1. The molecule has 6 heteroatoms. The summed E-state index contributed by atoms with van der Waals surface area (Å²) in [5, 5.41) is 10.1. The van der Waals surface area contributed by atoms with E-state index in [-0.39, 0.29) is 0 Å². The molecular weight excluding hydrogens is 342 g/mol. The van der Waals surface area contributed by atoms with Crippen molar-refractivity contribution in [2.24, 2.45) is 4.99 Å². The van der Waals surface area contributed by atoms with Crippen LogP contribution in [0.4, 0.5) is 5.13 Å². The van der Waals surface area contributed by atoms with Crippen molar-refractivity contribution >= 4 is 22.4 Å². The smallest absolute Gasteiger partial charge is 0.191 e. The molecule has 0 aliphatic carbocycles. The van der Waals surface area contributed by atoms with Crippen LogP contribution in [0.2, 0.25) is 0 Å². The Morgan fingerprint density at radius 2 is 1.96 bits per heavy atom. The predicted octanol–water partition coefficient (Wildman–Crippen LogP) is 3.08. The Balaban J connectivity index is 1.44. The molecule has 1 aliphatic heterocycles. The SMILES string of the molecule is CCNC(=NCCc1csc(N2CCCC2)n1)NCCc1ccccc1. The highest BCUT2D eigenvalue weighted by Crippen LogP contribution is 2.24. The number of aliphatic imine (C=N–C) groups is 1. The zero-order valence-corrected chi connectivity index (χ0v) is 16.4. The normalized spacial score (nSPS) is 14.7. The number of hydrogen-bond donors (Lipinski definition) is 2. The second kappa shape index (κ2) is 10.2. The van der Waals surface area contributed by atoms with Gasteiger partial charge in [-0.05, 0) is 31.7 Å². The van der Waals surface area contributed by atoms with Crippen molar-refractivity contribution in [1.82, 2.24) is 15.6 Å². The van der Waals surface area contributed by atoms with E-state index in [0.29, 0.717) is 0 Å². The van der Waals surface area contributed by atoms with Crippen LogP contribution in [0.3, 0.4) is 0 Å². The Morgan fingerprint density at radius 1 is 1.15 bits per heavy atom. The second-order valence-corrected chi connectivity index (χ2v) is 7.33. The van der Waals surface area contributed by atoms with Gasteiger partial charge in [0.1, 0.15) is 0 Å². The second-order valence-electron chi connectivity index (χ2n) is 6.49. The van der Waals surface area contributed by atoms with Crippen LogP contribution in [0.25, 0.3) is 0 Å². The largest absolute Gasteiger partial charge is 0.357 e. The third-order valence-electron chi connectivity index (χ3n) is 4.45. The fraction of sp³-hybridized carbons (Fsp3) is 0.500. The van der Waals surface area contributed by atoms with Gasteiger partial charge >= 0.3 is 0 Å². The van der Waals surface area contributed by atoms with E-state index in [1.165, 1.54) is 23.5 Å². The van der Waals surface area contributed by atoms with Gasteiger partial charge in [0.2, 0.25) is 0 Å². The van der Waals surface area contributed by atoms with Gasteiger partial charge in [0.05, 0.1) is 5.69 Å². The van der Waals surface area contributed by atoms with E-state index < -0.39 is 0 Å². The number of aromatic nitrogens is 1. The molecule has 2 aromatic rings. The van der Waals surface area contributed by atoms with Gasteiger partial charge in [0.25, 0.3) is 0 Å². The maximum absolute atomic E-state index is 4.77. The van der Waals surface area contributed by atoms with E-state index in [0.717, 1.165) is 57.2 Å². The lowest BCUT2D eigenvalue weighted by Gasteiger charge is -2.12. The van der Waals surface area contributed by atoms with E-state index in [9.17, 15) is 0 Å². The van der Waals surface area contributed by atoms with Gasteiger partial charge in [-0.15, -0.1) is 11.3 Å². The summed E-state index contributed by atoms with van der Waals surface area (Å²) in [4.78, 5) is 11.9. The van der Waals surface area contributed by atoms with Crippen molar-refractivity contribution in [3.63, 3.8) is 0 Å². The van der Waals surface area contributed by atoms with E-state index in [4.69, 9.17) is 9.98 Å². The molecule has 0 radical (unpaired) electrons. The maximum atomic E-state index is 4.77. The summed E-state index contributed by atoms with van der Waals surface area (Å²) in [5.41, 5.74) is 2.49. The van der Waals surface area contributed by atoms with E-state index in [1.54, 1.807) is 11.3 Å². The summed E-state index contributed by atoms with van der Waals surface area (Å²) >= 11 is 1.76. The van der Waals surface area contributed by atoms with Crippen LogP contribution in [0.1, 0.15) is 31.0 Å². The standard InChI is InChI=1S/C20H29N5S/c1-2-21-19(22-12-10-17-8-4-3-5-9-17)23-13-11-18-16-26-20(24-18)25-14-6-7-15-25/h3-5,8-9,16H,2,6-7,10-15H2,1H3,(H2,21,22,23). The van der Waals surface area contributed by atoms with Gasteiger partial charge in [0.15, 0.2) is 11.1 Å². The van der Waals surface area contributed by atoms with Crippen LogP contribution < -0.4 is 15.5 Å². The highest BCUT2D eigenvalue weighted by Gasteiger charge is 2.15. The van der Waals surface area contributed by atoms with Crippen molar-refractivity contribution in [1.29, 1.82) is 0 Å². The Kier molecular flexibility index (Phi) is 7.31. The molecular formula is C20H29N5S. The van der Waals surface area contributed by atoms with Gasteiger partial charge in [-0.3, -0.25) is 4.99 Å². The molecule has 0 saturated carbocycles. The Bertz CT molecular complexity index is 677. The molecule has 0 amide bonds. The highest BCUT2D eigenvalue weighted by molar-refractivity contribution is 7.13. The average Bonchev–Trinajstić information content (AvgIpc) is 3.34. The first-order chi connectivity index (χ1) is 12.8. The van der Waals surface area contributed by atoms with Crippen LogP contribution in [0.15, 0.2) is 40.7 Å². The Hall–Kier alpha value is -2.08. The van der Waals surface area contributed by atoms with Crippen molar-refractivity contribution in [2.75, 3.05) is 37.6 Å². The third kappa shape index (κ3) is 5.73. The van der Waals surface area contributed by atoms with Gasteiger partial charge in [-0.2, -0.15) is 0 Å². The molecule has 1 aromatic heterocycles. The van der Waals surface area contributed by atoms with Gasteiger partial charge in [0, 0.05) is 44.5 Å². The first-order valence-corrected chi connectivity index (χ1v) is 10.5. The van der Waals surface area contributed by atoms with Crippen molar-refractivity contribution in [3.8, 4) is 0 Å². The molecule has 5 nitrogen and oxygen atoms in total. The third-order valence-corrected chi connectivity index (χ3v) is 5.40. The molecule has 26 heavy (non-hydrogen) atoms. The number of guanidine groups is 1. The minimum atomic E-state index is 0.754. The summed E-state index contributed by atoms with van der Waals surface area (Å²) in [6, 6.07) is 10.5. The molecule has 2 N–H and O–H groups in total. The quantitative estimate of drug-likeness (QED) is 0.553. The van der Waals surface area contributed by atoms with Crippen LogP contribution >= 0.6 is 11.3 Å². The number of thiazole rings is 1. The number of anilines is 1. The molecule has 140 valence electrons. The number of benzene rings is 1. The molecule has 0 unspecified atom stereocenters.